The SMILES string of the molecule is C=CCN(CC(=O)N1CCc2cc(OC)c(OC)cc2C1)Cc1cccs1. The van der Waals surface area contributed by atoms with Gasteiger partial charge in [0, 0.05) is 31.1 Å². The van der Waals surface area contributed by atoms with E-state index in [1.54, 1.807) is 25.6 Å². The van der Waals surface area contributed by atoms with Gasteiger partial charge in [-0.05, 0) is 41.1 Å². The topological polar surface area (TPSA) is 42.0 Å². The Kier molecular flexibility index (Phi) is 6.53. The van der Waals surface area contributed by atoms with Gasteiger partial charge in [-0.25, -0.2) is 0 Å². The third-order valence-corrected chi connectivity index (χ3v) is 5.64. The van der Waals surface area contributed by atoms with Crippen molar-refractivity contribution < 1.29 is 14.3 Å². The van der Waals surface area contributed by atoms with E-state index in [0.717, 1.165) is 30.8 Å². The summed E-state index contributed by atoms with van der Waals surface area (Å²) in [5.41, 5.74) is 2.35. The van der Waals surface area contributed by atoms with Gasteiger partial charge in [-0.1, -0.05) is 12.1 Å². The number of methoxy groups -OCH3 is 2. The Balaban J connectivity index is 1.68. The average Bonchev–Trinajstić information content (AvgIpc) is 3.19. The quantitative estimate of drug-likeness (QED) is 0.653. The predicted molar refractivity (Wildman–Crippen MR) is 108 cm³/mol. The number of hydrogen-bond donors (Lipinski definition) is 0. The molecule has 6 heteroatoms. The second-order valence-corrected chi connectivity index (χ2v) is 7.61. The molecule has 2 aromatic rings. The molecular formula is C21H26N2O3S. The second kappa shape index (κ2) is 9.06. The maximum atomic E-state index is 12.9. The molecule has 1 amide bonds. The maximum Gasteiger partial charge on any atom is 0.237 e. The smallest absolute Gasteiger partial charge is 0.237 e. The summed E-state index contributed by atoms with van der Waals surface area (Å²) in [5.74, 6) is 1.59. The van der Waals surface area contributed by atoms with Crippen molar-refractivity contribution in [3.05, 3.63) is 58.3 Å². The van der Waals surface area contributed by atoms with Gasteiger partial charge >= 0.3 is 0 Å². The molecule has 1 aromatic heterocycles. The lowest BCUT2D eigenvalue weighted by molar-refractivity contribution is -0.133. The van der Waals surface area contributed by atoms with Crippen LogP contribution in [0.1, 0.15) is 16.0 Å². The van der Waals surface area contributed by atoms with E-state index in [0.29, 0.717) is 25.4 Å². The highest BCUT2D eigenvalue weighted by Gasteiger charge is 2.24. The van der Waals surface area contributed by atoms with E-state index >= 15 is 0 Å². The van der Waals surface area contributed by atoms with Crippen LogP contribution in [-0.2, 0) is 24.3 Å². The Morgan fingerprint density at radius 3 is 2.67 bits per heavy atom. The zero-order valence-corrected chi connectivity index (χ0v) is 16.8. The molecule has 0 atom stereocenters. The van der Waals surface area contributed by atoms with Gasteiger partial charge < -0.3 is 14.4 Å². The van der Waals surface area contributed by atoms with Crippen LogP contribution in [0.15, 0.2) is 42.3 Å². The largest absolute Gasteiger partial charge is 0.493 e. The van der Waals surface area contributed by atoms with E-state index in [1.165, 1.54) is 10.4 Å². The number of carbonyl (C=O) groups is 1. The number of carbonyl (C=O) groups excluding carboxylic acids is 1. The lowest BCUT2D eigenvalue weighted by Crippen LogP contribution is -2.42. The highest BCUT2D eigenvalue weighted by Crippen LogP contribution is 2.33. The van der Waals surface area contributed by atoms with E-state index in [9.17, 15) is 4.79 Å². The lowest BCUT2D eigenvalue weighted by Gasteiger charge is -2.31. The number of rotatable bonds is 8. The third-order valence-electron chi connectivity index (χ3n) is 4.78. The van der Waals surface area contributed by atoms with E-state index in [4.69, 9.17) is 9.47 Å². The zero-order chi connectivity index (χ0) is 19.2. The number of benzene rings is 1. The van der Waals surface area contributed by atoms with Gasteiger partial charge in [-0.15, -0.1) is 17.9 Å². The van der Waals surface area contributed by atoms with Crippen LogP contribution in [0.25, 0.3) is 0 Å². The number of nitrogens with zero attached hydrogens (tertiary/aromatic N) is 2. The summed E-state index contributed by atoms with van der Waals surface area (Å²) in [4.78, 5) is 18.2. The summed E-state index contributed by atoms with van der Waals surface area (Å²) >= 11 is 1.71. The number of hydrogen-bond acceptors (Lipinski definition) is 5. The van der Waals surface area contributed by atoms with Gasteiger partial charge in [-0.3, -0.25) is 9.69 Å². The highest BCUT2D eigenvalue weighted by atomic mass is 32.1. The van der Waals surface area contributed by atoms with Gasteiger partial charge in [0.1, 0.15) is 0 Å². The van der Waals surface area contributed by atoms with Crippen molar-refractivity contribution in [2.24, 2.45) is 0 Å². The number of ether oxygens (including phenoxy) is 2. The van der Waals surface area contributed by atoms with Crippen molar-refractivity contribution in [1.82, 2.24) is 9.80 Å². The molecule has 0 bridgehead atoms. The molecule has 0 fully saturated rings. The number of thiophene rings is 1. The monoisotopic (exact) mass is 386 g/mol. The Labute approximate surface area is 164 Å². The molecule has 144 valence electrons. The molecule has 1 aromatic carbocycles. The number of fused-ring (bicyclic) bond motifs is 1. The summed E-state index contributed by atoms with van der Waals surface area (Å²) in [6.07, 6.45) is 2.68. The third kappa shape index (κ3) is 4.70. The van der Waals surface area contributed by atoms with Crippen LogP contribution in [0.3, 0.4) is 0 Å². The fourth-order valence-corrected chi connectivity index (χ4v) is 4.12. The molecule has 27 heavy (non-hydrogen) atoms. The molecule has 0 saturated heterocycles. The Bertz CT molecular complexity index is 789. The van der Waals surface area contributed by atoms with E-state index < -0.39 is 0 Å². The molecule has 0 unspecified atom stereocenters. The Hall–Kier alpha value is -2.31. The van der Waals surface area contributed by atoms with Gasteiger partial charge in [0.2, 0.25) is 5.91 Å². The van der Waals surface area contributed by atoms with Crippen molar-refractivity contribution in [3.63, 3.8) is 0 Å². The van der Waals surface area contributed by atoms with Crippen molar-refractivity contribution >= 4 is 17.2 Å². The molecule has 0 N–H and O–H groups in total. The molecule has 5 nitrogen and oxygen atoms in total. The molecule has 2 heterocycles. The standard InChI is InChI=1S/C21H26N2O3S/c1-4-8-22(14-18-6-5-10-27-18)15-21(24)23-9-7-16-11-19(25-2)20(26-3)12-17(16)13-23/h4-6,10-12H,1,7-9,13-15H2,2-3H3. The van der Waals surface area contributed by atoms with Crippen LogP contribution in [0.5, 0.6) is 11.5 Å². The van der Waals surface area contributed by atoms with Gasteiger partial charge in [0.15, 0.2) is 11.5 Å². The van der Waals surface area contributed by atoms with Gasteiger partial charge in [0.05, 0.1) is 20.8 Å². The minimum absolute atomic E-state index is 0.147. The Morgan fingerprint density at radius 2 is 2.04 bits per heavy atom. The maximum absolute atomic E-state index is 12.9. The van der Waals surface area contributed by atoms with Gasteiger partial charge in [-0.2, -0.15) is 0 Å². The minimum Gasteiger partial charge on any atom is -0.493 e. The van der Waals surface area contributed by atoms with E-state index in [-0.39, 0.29) is 5.91 Å². The lowest BCUT2D eigenvalue weighted by atomic mass is 9.98. The van der Waals surface area contributed by atoms with Crippen molar-refractivity contribution in [3.8, 4) is 11.5 Å². The summed E-state index contributed by atoms with van der Waals surface area (Å²) in [5, 5.41) is 2.06. The predicted octanol–water partition coefficient (Wildman–Crippen LogP) is 3.34. The first-order valence-electron chi connectivity index (χ1n) is 9.01. The summed E-state index contributed by atoms with van der Waals surface area (Å²) in [7, 11) is 3.28. The summed E-state index contributed by atoms with van der Waals surface area (Å²) in [6.45, 7) is 7.01. The van der Waals surface area contributed by atoms with Crippen molar-refractivity contribution in [1.29, 1.82) is 0 Å². The first kappa shape index (κ1) is 19.5. The summed E-state index contributed by atoms with van der Waals surface area (Å²) in [6, 6.07) is 8.15. The summed E-state index contributed by atoms with van der Waals surface area (Å²) < 4.78 is 10.8. The van der Waals surface area contributed by atoms with E-state index in [2.05, 4.69) is 22.9 Å². The molecule has 0 radical (unpaired) electrons. The fraction of sp³-hybridized carbons (Fsp3) is 0.381. The zero-order valence-electron chi connectivity index (χ0n) is 15.9. The van der Waals surface area contributed by atoms with Crippen LogP contribution in [0, 0.1) is 0 Å². The fourth-order valence-electron chi connectivity index (χ4n) is 3.38. The van der Waals surface area contributed by atoms with Crippen molar-refractivity contribution in [2.75, 3.05) is 33.9 Å². The van der Waals surface area contributed by atoms with Gasteiger partial charge in [0.25, 0.3) is 0 Å². The molecule has 0 saturated carbocycles. The highest BCUT2D eigenvalue weighted by molar-refractivity contribution is 7.09. The number of amides is 1. The normalized spacial score (nSPS) is 13.4. The van der Waals surface area contributed by atoms with Crippen LogP contribution < -0.4 is 9.47 Å². The van der Waals surface area contributed by atoms with E-state index in [1.807, 2.05) is 29.2 Å². The van der Waals surface area contributed by atoms with Crippen LogP contribution in [0.2, 0.25) is 0 Å². The molecule has 0 spiro atoms. The molecule has 1 aliphatic heterocycles. The minimum atomic E-state index is 0.147. The van der Waals surface area contributed by atoms with Crippen LogP contribution in [0.4, 0.5) is 0 Å². The molecule has 0 aliphatic carbocycles. The van der Waals surface area contributed by atoms with Crippen molar-refractivity contribution in [2.45, 2.75) is 19.5 Å². The first-order valence-corrected chi connectivity index (χ1v) is 9.89. The van der Waals surface area contributed by atoms with Crippen LogP contribution in [-0.4, -0.2) is 49.6 Å². The van der Waals surface area contributed by atoms with Crippen LogP contribution >= 0.6 is 11.3 Å². The molecule has 1 aliphatic rings. The molecular weight excluding hydrogens is 360 g/mol. The second-order valence-electron chi connectivity index (χ2n) is 6.58. The Morgan fingerprint density at radius 1 is 1.30 bits per heavy atom. The molecule has 3 rings (SSSR count). The average molecular weight is 387 g/mol. The first-order chi connectivity index (χ1) is 13.1.